The molecular formula is C12H20N4. The van der Waals surface area contributed by atoms with Crippen LogP contribution in [0.3, 0.4) is 0 Å². The Morgan fingerprint density at radius 3 is 2.75 bits per heavy atom. The molecule has 0 aliphatic carbocycles. The van der Waals surface area contributed by atoms with Gasteiger partial charge >= 0.3 is 0 Å². The Balaban J connectivity index is 2.00. The Morgan fingerprint density at radius 1 is 1.31 bits per heavy atom. The van der Waals surface area contributed by atoms with Crippen molar-refractivity contribution in [1.29, 1.82) is 0 Å². The highest BCUT2D eigenvalue weighted by atomic mass is 15.2. The monoisotopic (exact) mass is 220 g/mol. The van der Waals surface area contributed by atoms with E-state index in [1.807, 2.05) is 0 Å². The fraction of sp³-hybridized carbons (Fsp3) is 0.667. The van der Waals surface area contributed by atoms with Crippen LogP contribution in [0.15, 0.2) is 12.4 Å². The van der Waals surface area contributed by atoms with Crippen molar-refractivity contribution in [1.82, 2.24) is 20.2 Å². The lowest BCUT2D eigenvalue weighted by Gasteiger charge is -2.26. The second-order valence-corrected chi connectivity index (χ2v) is 4.62. The lowest BCUT2D eigenvalue weighted by atomic mass is 10.1. The maximum atomic E-state index is 4.34. The molecule has 2 heterocycles. The number of aromatic nitrogens is 2. The van der Waals surface area contributed by atoms with Gasteiger partial charge in [0.05, 0.1) is 5.69 Å². The van der Waals surface area contributed by atoms with Crippen molar-refractivity contribution in [2.24, 2.45) is 0 Å². The van der Waals surface area contributed by atoms with Crippen LogP contribution in [0.2, 0.25) is 0 Å². The summed E-state index contributed by atoms with van der Waals surface area (Å²) in [4.78, 5) is 11.1. The fourth-order valence-electron chi connectivity index (χ4n) is 1.92. The van der Waals surface area contributed by atoms with Crippen molar-refractivity contribution in [2.75, 3.05) is 26.2 Å². The molecule has 1 aromatic rings. The third-order valence-electron chi connectivity index (χ3n) is 2.93. The number of hydrogen-bond acceptors (Lipinski definition) is 4. The van der Waals surface area contributed by atoms with E-state index in [1.54, 1.807) is 6.33 Å². The first-order valence-electron chi connectivity index (χ1n) is 5.99. The summed E-state index contributed by atoms with van der Waals surface area (Å²) in [7, 11) is 0. The number of hydrogen-bond donors (Lipinski definition) is 1. The van der Waals surface area contributed by atoms with Crippen LogP contribution in [0.1, 0.15) is 31.2 Å². The van der Waals surface area contributed by atoms with Gasteiger partial charge in [-0.2, -0.15) is 0 Å². The van der Waals surface area contributed by atoms with Gasteiger partial charge in [0.25, 0.3) is 0 Å². The maximum absolute atomic E-state index is 4.34. The van der Waals surface area contributed by atoms with Gasteiger partial charge in [-0.05, 0) is 12.0 Å². The van der Waals surface area contributed by atoms with E-state index in [9.17, 15) is 0 Å². The summed E-state index contributed by atoms with van der Waals surface area (Å²) in [5.74, 6) is 0.477. The first kappa shape index (κ1) is 11.5. The highest BCUT2D eigenvalue weighted by molar-refractivity contribution is 5.11. The summed E-state index contributed by atoms with van der Waals surface area (Å²) in [6.07, 6.45) is 1.69. The Morgan fingerprint density at radius 2 is 2.06 bits per heavy atom. The molecule has 0 radical (unpaired) electrons. The van der Waals surface area contributed by atoms with Crippen molar-refractivity contribution < 1.29 is 0 Å². The second kappa shape index (κ2) is 5.37. The summed E-state index contributed by atoms with van der Waals surface area (Å²) >= 11 is 0. The smallest absolute Gasteiger partial charge is 0.115 e. The zero-order valence-corrected chi connectivity index (χ0v) is 10.1. The minimum absolute atomic E-state index is 0.477. The molecule has 1 aromatic heterocycles. The van der Waals surface area contributed by atoms with Gasteiger partial charge in [-0.3, -0.25) is 4.90 Å². The average molecular weight is 220 g/mol. The quantitative estimate of drug-likeness (QED) is 0.825. The molecule has 0 saturated carbocycles. The van der Waals surface area contributed by atoms with Gasteiger partial charge in [0.15, 0.2) is 0 Å². The molecule has 0 spiro atoms. The highest BCUT2D eigenvalue weighted by Crippen LogP contribution is 2.12. The van der Waals surface area contributed by atoms with Crippen molar-refractivity contribution in [2.45, 2.75) is 26.3 Å². The second-order valence-electron chi connectivity index (χ2n) is 4.62. The summed E-state index contributed by atoms with van der Waals surface area (Å²) in [5.41, 5.74) is 2.28. The molecule has 0 atom stereocenters. The molecule has 1 fully saturated rings. The standard InChI is InChI=1S/C12H20N4/c1-10(2)12-7-11(14-9-15-12)8-16-5-3-13-4-6-16/h7,9-10,13H,3-6,8H2,1-2H3. The molecule has 2 rings (SSSR count). The Kier molecular flexibility index (Phi) is 3.85. The summed E-state index contributed by atoms with van der Waals surface area (Å²) < 4.78 is 0. The van der Waals surface area contributed by atoms with Crippen LogP contribution in [-0.2, 0) is 6.54 Å². The molecule has 4 heteroatoms. The van der Waals surface area contributed by atoms with Crippen molar-refractivity contribution in [3.63, 3.8) is 0 Å². The zero-order valence-electron chi connectivity index (χ0n) is 10.1. The summed E-state index contributed by atoms with van der Waals surface area (Å²) in [5, 5.41) is 3.36. The highest BCUT2D eigenvalue weighted by Gasteiger charge is 2.11. The summed E-state index contributed by atoms with van der Waals surface area (Å²) in [6, 6.07) is 2.13. The topological polar surface area (TPSA) is 41.0 Å². The maximum Gasteiger partial charge on any atom is 0.115 e. The minimum Gasteiger partial charge on any atom is -0.314 e. The molecule has 1 saturated heterocycles. The number of piperazine rings is 1. The lowest BCUT2D eigenvalue weighted by Crippen LogP contribution is -2.43. The van der Waals surface area contributed by atoms with Crippen molar-refractivity contribution in [3.05, 3.63) is 23.8 Å². The van der Waals surface area contributed by atoms with E-state index in [4.69, 9.17) is 0 Å². The number of rotatable bonds is 3. The minimum atomic E-state index is 0.477. The van der Waals surface area contributed by atoms with E-state index in [2.05, 4.69) is 40.1 Å². The molecule has 1 aliphatic rings. The van der Waals surface area contributed by atoms with Crippen LogP contribution in [0.25, 0.3) is 0 Å². The third kappa shape index (κ3) is 3.00. The molecule has 0 aromatic carbocycles. The Hall–Kier alpha value is -1.00. The largest absolute Gasteiger partial charge is 0.314 e. The SMILES string of the molecule is CC(C)c1cc(CN2CCNCC2)ncn1. The average Bonchev–Trinajstić information content (AvgIpc) is 2.30. The van der Waals surface area contributed by atoms with E-state index in [1.165, 1.54) is 0 Å². The molecule has 1 aliphatic heterocycles. The van der Waals surface area contributed by atoms with Gasteiger partial charge in [-0.15, -0.1) is 0 Å². The van der Waals surface area contributed by atoms with Gasteiger partial charge in [-0.1, -0.05) is 13.8 Å². The first-order chi connectivity index (χ1) is 7.75. The van der Waals surface area contributed by atoms with Gasteiger partial charge in [0.2, 0.25) is 0 Å². The van der Waals surface area contributed by atoms with Crippen LogP contribution in [0, 0.1) is 0 Å². The van der Waals surface area contributed by atoms with E-state index in [-0.39, 0.29) is 0 Å². The zero-order chi connectivity index (χ0) is 11.4. The van der Waals surface area contributed by atoms with E-state index < -0.39 is 0 Å². The molecule has 4 nitrogen and oxygen atoms in total. The number of nitrogens with zero attached hydrogens (tertiary/aromatic N) is 3. The molecule has 0 amide bonds. The van der Waals surface area contributed by atoms with Gasteiger partial charge in [0.1, 0.15) is 6.33 Å². The van der Waals surface area contributed by atoms with Crippen molar-refractivity contribution >= 4 is 0 Å². The van der Waals surface area contributed by atoms with Crippen LogP contribution in [-0.4, -0.2) is 41.0 Å². The first-order valence-corrected chi connectivity index (χ1v) is 5.99. The van der Waals surface area contributed by atoms with E-state index >= 15 is 0 Å². The third-order valence-corrected chi connectivity index (χ3v) is 2.93. The predicted molar refractivity (Wildman–Crippen MR) is 64.3 cm³/mol. The van der Waals surface area contributed by atoms with Crippen molar-refractivity contribution in [3.8, 4) is 0 Å². The molecular weight excluding hydrogens is 200 g/mol. The van der Waals surface area contributed by atoms with Crippen LogP contribution < -0.4 is 5.32 Å². The molecule has 0 bridgehead atoms. The molecule has 16 heavy (non-hydrogen) atoms. The van der Waals surface area contributed by atoms with Gasteiger partial charge < -0.3 is 5.32 Å². The van der Waals surface area contributed by atoms with E-state index in [0.717, 1.165) is 44.1 Å². The van der Waals surface area contributed by atoms with Crippen LogP contribution in [0.4, 0.5) is 0 Å². The molecule has 0 unspecified atom stereocenters. The van der Waals surface area contributed by atoms with Gasteiger partial charge in [0, 0.05) is 38.4 Å². The number of nitrogens with one attached hydrogen (secondary N) is 1. The Labute approximate surface area is 97.1 Å². The normalized spacial score (nSPS) is 17.9. The van der Waals surface area contributed by atoms with Crippen LogP contribution >= 0.6 is 0 Å². The van der Waals surface area contributed by atoms with Gasteiger partial charge in [-0.25, -0.2) is 9.97 Å². The molecule has 1 N–H and O–H groups in total. The van der Waals surface area contributed by atoms with Crippen LogP contribution in [0.5, 0.6) is 0 Å². The Bertz CT molecular complexity index is 332. The predicted octanol–water partition coefficient (Wildman–Crippen LogP) is 1.01. The fourth-order valence-corrected chi connectivity index (χ4v) is 1.92. The molecule has 88 valence electrons. The summed E-state index contributed by atoms with van der Waals surface area (Å²) in [6.45, 7) is 9.67. The lowest BCUT2D eigenvalue weighted by molar-refractivity contribution is 0.230. The van der Waals surface area contributed by atoms with E-state index in [0.29, 0.717) is 5.92 Å².